The summed E-state index contributed by atoms with van der Waals surface area (Å²) in [6, 6.07) is 12.8. The molecule has 0 spiro atoms. The number of nitrogens with one attached hydrogen (secondary N) is 2. The Bertz CT molecular complexity index is 902. The lowest BCUT2D eigenvalue weighted by atomic mass is 10.2. The molecule has 25 heavy (non-hydrogen) atoms. The highest BCUT2D eigenvalue weighted by Crippen LogP contribution is 2.20. The van der Waals surface area contributed by atoms with Crippen LogP contribution in [0.25, 0.3) is 0 Å². The topological polar surface area (TPSA) is 49.8 Å². The molecule has 0 atom stereocenters. The van der Waals surface area contributed by atoms with Gasteiger partial charge in [-0.25, -0.2) is 13.8 Å². The number of hydrogen-bond acceptors (Lipinski definition) is 4. The second-order valence-electron chi connectivity index (χ2n) is 5.42. The van der Waals surface area contributed by atoms with E-state index in [0.717, 1.165) is 23.4 Å². The summed E-state index contributed by atoms with van der Waals surface area (Å²) < 4.78 is 26.3. The van der Waals surface area contributed by atoms with E-state index in [1.807, 2.05) is 31.2 Å². The van der Waals surface area contributed by atoms with Gasteiger partial charge in [-0.2, -0.15) is 4.98 Å². The predicted octanol–water partition coefficient (Wildman–Crippen LogP) is 5.07. The molecule has 1 heterocycles. The lowest BCUT2D eigenvalue weighted by Gasteiger charge is -2.11. The monoisotopic (exact) mass is 360 g/mol. The number of hydrogen-bond donors (Lipinski definition) is 2. The molecule has 7 heteroatoms. The van der Waals surface area contributed by atoms with Gasteiger partial charge in [0.05, 0.1) is 0 Å². The largest absolute Gasteiger partial charge is 0.366 e. The van der Waals surface area contributed by atoms with Crippen molar-refractivity contribution >= 4 is 29.1 Å². The number of aromatic nitrogens is 2. The van der Waals surface area contributed by atoms with E-state index in [-0.39, 0.29) is 5.95 Å². The van der Waals surface area contributed by atoms with Crippen molar-refractivity contribution in [2.75, 3.05) is 10.6 Å². The Labute approximate surface area is 148 Å². The second-order valence-corrected chi connectivity index (χ2v) is 5.82. The van der Waals surface area contributed by atoms with Crippen molar-refractivity contribution in [2.45, 2.75) is 13.5 Å². The van der Waals surface area contributed by atoms with Gasteiger partial charge in [0.15, 0.2) is 11.6 Å². The lowest BCUT2D eigenvalue weighted by Crippen LogP contribution is -2.06. The zero-order valence-corrected chi connectivity index (χ0v) is 14.1. The van der Waals surface area contributed by atoms with Crippen LogP contribution in [-0.4, -0.2) is 9.97 Å². The van der Waals surface area contributed by atoms with Gasteiger partial charge in [0.1, 0.15) is 5.82 Å². The highest BCUT2D eigenvalue weighted by atomic mass is 35.5. The van der Waals surface area contributed by atoms with Gasteiger partial charge in [0.25, 0.3) is 0 Å². The summed E-state index contributed by atoms with van der Waals surface area (Å²) in [4.78, 5) is 8.58. The van der Waals surface area contributed by atoms with Crippen molar-refractivity contribution in [3.05, 3.63) is 76.4 Å². The van der Waals surface area contributed by atoms with Crippen LogP contribution in [0.1, 0.15) is 11.3 Å². The van der Waals surface area contributed by atoms with E-state index in [4.69, 9.17) is 11.6 Å². The fourth-order valence-corrected chi connectivity index (χ4v) is 2.45. The third-order valence-corrected chi connectivity index (χ3v) is 3.82. The van der Waals surface area contributed by atoms with Crippen molar-refractivity contribution in [3.63, 3.8) is 0 Å². The summed E-state index contributed by atoms with van der Waals surface area (Å²) in [5, 5.41) is 6.71. The minimum absolute atomic E-state index is 0.285. The molecule has 1 aromatic heterocycles. The van der Waals surface area contributed by atoms with E-state index in [0.29, 0.717) is 23.1 Å². The molecule has 0 radical (unpaired) electrons. The predicted molar refractivity (Wildman–Crippen MR) is 95.2 cm³/mol. The number of nitrogens with zero attached hydrogens (tertiary/aromatic N) is 2. The number of rotatable bonds is 5. The molecule has 0 aliphatic rings. The highest BCUT2D eigenvalue weighted by molar-refractivity contribution is 6.31. The molecule has 0 bridgehead atoms. The van der Waals surface area contributed by atoms with Crippen molar-refractivity contribution in [1.29, 1.82) is 0 Å². The third kappa shape index (κ3) is 4.42. The Balaban J connectivity index is 1.76. The molecule has 2 N–H and O–H groups in total. The van der Waals surface area contributed by atoms with Gasteiger partial charge in [-0.15, -0.1) is 0 Å². The van der Waals surface area contributed by atoms with E-state index in [1.54, 1.807) is 6.07 Å². The first kappa shape index (κ1) is 17.1. The molecule has 4 nitrogen and oxygen atoms in total. The maximum Gasteiger partial charge on any atom is 0.229 e. The molecule has 0 unspecified atom stereocenters. The number of halogens is 3. The number of aryl methyl sites for hydroxylation is 1. The quantitative estimate of drug-likeness (QED) is 0.666. The molecule has 2 aromatic carbocycles. The van der Waals surface area contributed by atoms with Crippen LogP contribution in [0.5, 0.6) is 0 Å². The molecule has 3 aromatic rings. The van der Waals surface area contributed by atoms with Crippen LogP contribution in [0.2, 0.25) is 5.02 Å². The summed E-state index contributed by atoms with van der Waals surface area (Å²) in [6.45, 7) is 2.32. The van der Waals surface area contributed by atoms with Gasteiger partial charge in [0, 0.05) is 35.1 Å². The fourth-order valence-electron chi connectivity index (χ4n) is 2.25. The van der Waals surface area contributed by atoms with Gasteiger partial charge in [0.2, 0.25) is 5.95 Å². The third-order valence-electron chi connectivity index (χ3n) is 3.45. The Morgan fingerprint density at radius 1 is 1.00 bits per heavy atom. The van der Waals surface area contributed by atoms with Gasteiger partial charge < -0.3 is 10.6 Å². The van der Waals surface area contributed by atoms with Gasteiger partial charge in [-0.1, -0.05) is 29.8 Å². The van der Waals surface area contributed by atoms with E-state index >= 15 is 0 Å². The van der Waals surface area contributed by atoms with Crippen molar-refractivity contribution in [2.24, 2.45) is 0 Å². The summed E-state index contributed by atoms with van der Waals surface area (Å²) in [5.41, 5.74) is 2.03. The Morgan fingerprint density at radius 3 is 2.56 bits per heavy atom. The zero-order chi connectivity index (χ0) is 17.8. The van der Waals surface area contributed by atoms with Crippen molar-refractivity contribution < 1.29 is 8.78 Å². The zero-order valence-electron chi connectivity index (χ0n) is 13.4. The average Bonchev–Trinajstić information content (AvgIpc) is 2.57. The fraction of sp³-hybridized carbons (Fsp3) is 0.111. The maximum absolute atomic E-state index is 13.3. The van der Waals surface area contributed by atoms with E-state index in [1.165, 1.54) is 6.07 Å². The molecule has 0 saturated heterocycles. The highest BCUT2D eigenvalue weighted by Gasteiger charge is 2.07. The van der Waals surface area contributed by atoms with E-state index in [2.05, 4.69) is 20.6 Å². The Hall–Kier alpha value is -2.73. The Morgan fingerprint density at radius 2 is 1.80 bits per heavy atom. The lowest BCUT2D eigenvalue weighted by molar-refractivity contribution is 0.509. The van der Waals surface area contributed by atoms with Crippen LogP contribution < -0.4 is 10.6 Å². The minimum atomic E-state index is -0.935. The number of benzene rings is 2. The van der Waals surface area contributed by atoms with Crippen LogP contribution in [0.4, 0.5) is 26.2 Å². The molecule has 0 fully saturated rings. The van der Waals surface area contributed by atoms with Crippen molar-refractivity contribution in [3.8, 4) is 0 Å². The van der Waals surface area contributed by atoms with Crippen LogP contribution in [0.3, 0.4) is 0 Å². The standard InChI is InChI=1S/C18H15ClF2N4/c1-11-8-17(22-10-12-4-2-3-5-14(12)19)25-18(23-11)24-13-6-7-15(20)16(21)9-13/h2-9H,10H2,1H3,(H2,22,23,24,25). The molecule has 128 valence electrons. The van der Waals surface area contributed by atoms with Crippen LogP contribution in [0.15, 0.2) is 48.5 Å². The van der Waals surface area contributed by atoms with Crippen LogP contribution in [0, 0.1) is 18.6 Å². The SMILES string of the molecule is Cc1cc(NCc2ccccc2Cl)nc(Nc2ccc(F)c(F)c2)n1. The molecule has 0 aliphatic heterocycles. The average molecular weight is 361 g/mol. The smallest absolute Gasteiger partial charge is 0.229 e. The maximum atomic E-state index is 13.3. The normalized spacial score (nSPS) is 10.6. The molecule has 0 saturated carbocycles. The first-order chi connectivity index (χ1) is 12.0. The first-order valence-corrected chi connectivity index (χ1v) is 7.94. The summed E-state index contributed by atoms with van der Waals surface area (Å²) in [6.07, 6.45) is 0. The van der Waals surface area contributed by atoms with Crippen molar-refractivity contribution in [1.82, 2.24) is 9.97 Å². The van der Waals surface area contributed by atoms with E-state index in [9.17, 15) is 8.78 Å². The van der Waals surface area contributed by atoms with Gasteiger partial charge in [-0.3, -0.25) is 0 Å². The first-order valence-electron chi connectivity index (χ1n) is 7.56. The van der Waals surface area contributed by atoms with Gasteiger partial charge in [-0.05, 0) is 30.7 Å². The summed E-state index contributed by atoms with van der Waals surface area (Å²) in [7, 11) is 0. The summed E-state index contributed by atoms with van der Waals surface area (Å²) >= 11 is 6.14. The van der Waals surface area contributed by atoms with Crippen LogP contribution in [-0.2, 0) is 6.54 Å². The molecular formula is C18H15ClF2N4. The summed E-state index contributed by atoms with van der Waals surface area (Å²) in [5.74, 6) is -0.960. The van der Waals surface area contributed by atoms with Crippen LogP contribution >= 0.6 is 11.6 Å². The molecule has 0 aliphatic carbocycles. The van der Waals surface area contributed by atoms with E-state index < -0.39 is 11.6 Å². The molecule has 0 amide bonds. The molecule has 3 rings (SSSR count). The second kappa shape index (κ2) is 7.44. The Kier molecular flexibility index (Phi) is 5.09. The molecular weight excluding hydrogens is 346 g/mol. The number of anilines is 3. The van der Waals surface area contributed by atoms with Gasteiger partial charge >= 0.3 is 0 Å². The minimum Gasteiger partial charge on any atom is -0.366 e.